The zero-order valence-electron chi connectivity index (χ0n) is 12.9. The predicted molar refractivity (Wildman–Crippen MR) is 78.9 cm³/mol. The first kappa shape index (κ1) is 17.3. The molecule has 0 aliphatic heterocycles. The number of rotatable bonds is 6. The molecule has 0 saturated carbocycles. The van der Waals surface area contributed by atoms with Gasteiger partial charge >= 0.3 is 6.18 Å². The lowest BCUT2D eigenvalue weighted by molar-refractivity contribution is -0.148. The number of hydrogen-bond acceptors (Lipinski definition) is 3. The molecule has 1 aromatic carbocycles. The Balaban J connectivity index is 2.26. The number of imidazole rings is 1. The third kappa shape index (κ3) is 4.01. The van der Waals surface area contributed by atoms with Crippen molar-refractivity contribution in [2.75, 3.05) is 27.3 Å². The second-order valence-electron chi connectivity index (χ2n) is 5.17. The first-order valence-corrected chi connectivity index (χ1v) is 7.10. The number of alkyl halides is 3. The van der Waals surface area contributed by atoms with Gasteiger partial charge < -0.3 is 14.2 Å². The Kier molecular flexibility index (Phi) is 5.25. The van der Waals surface area contributed by atoms with Gasteiger partial charge in [0.15, 0.2) is 0 Å². The summed E-state index contributed by atoms with van der Waals surface area (Å²) in [5, 5.41) is 0. The average Bonchev–Trinajstić information content (AvgIpc) is 2.86. The minimum atomic E-state index is -4.62. The van der Waals surface area contributed by atoms with Crippen molar-refractivity contribution in [3.8, 4) is 0 Å². The molecule has 8 heteroatoms. The summed E-state index contributed by atoms with van der Waals surface area (Å²) in [5.74, 6) is -1.47. The number of carbonyl (C=O) groups is 1. The van der Waals surface area contributed by atoms with Crippen LogP contribution in [0.3, 0.4) is 0 Å². The molecule has 0 spiro atoms. The van der Waals surface area contributed by atoms with E-state index in [1.165, 1.54) is 17.0 Å². The summed E-state index contributed by atoms with van der Waals surface area (Å²) >= 11 is 0. The summed E-state index contributed by atoms with van der Waals surface area (Å²) in [7, 11) is 3.11. The van der Waals surface area contributed by atoms with Gasteiger partial charge in [-0.1, -0.05) is 12.1 Å². The second-order valence-corrected chi connectivity index (χ2v) is 5.17. The summed E-state index contributed by atoms with van der Waals surface area (Å²) in [6.07, 6.45) is -4.00. The van der Waals surface area contributed by atoms with Crippen LogP contribution in [0.25, 0.3) is 11.0 Å². The van der Waals surface area contributed by atoms with Crippen LogP contribution in [0.15, 0.2) is 24.3 Å². The van der Waals surface area contributed by atoms with E-state index in [-0.39, 0.29) is 5.52 Å². The molecule has 126 valence electrons. The van der Waals surface area contributed by atoms with E-state index in [0.717, 1.165) is 4.57 Å². The number of hydrogen-bond donors (Lipinski definition) is 0. The maximum Gasteiger partial charge on any atom is 0.449 e. The molecule has 0 radical (unpaired) electrons. The molecule has 1 amide bonds. The predicted octanol–water partition coefficient (Wildman–Crippen LogP) is 2.55. The van der Waals surface area contributed by atoms with E-state index < -0.39 is 24.5 Å². The monoisotopic (exact) mass is 329 g/mol. The van der Waals surface area contributed by atoms with Crippen molar-refractivity contribution < 1.29 is 22.7 Å². The molecular formula is C15H18F3N3O2. The number of likely N-dealkylation sites (N-methyl/N-ethyl adjacent to an activating group) is 1. The highest BCUT2D eigenvalue weighted by molar-refractivity contribution is 5.81. The average molecular weight is 329 g/mol. The zero-order valence-corrected chi connectivity index (χ0v) is 12.9. The van der Waals surface area contributed by atoms with Crippen molar-refractivity contribution in [3.05, 3.63) is 30.1 Å². The molecule has 0 bridgehead atoms. The number of methoxy groups -OCH3 is 1. The van der Waals surface area contributed by atoms with Gasteiger partial charge in [0, 0.05) is 27.3 Å². The smallest absolute Gasteiger partial charge is 0.385 e. The molecule has 2 aromatic rings. The molecule has 1 heterocycles. The highest BCUT2D eigenvalue weighted by Gasteiger charge is 2.38. The van der Waals surface area contributed by atoms with Crippen molar-refractivity contribution in [1.29, 1.82) is 0 Å². The molecule has 0 fully saturated rings. The highest BCUT2D eigenvalue weighted by Crippen LogP contribution is 2.31. The van der Waals surface area contributed by atoms with Crippen molar-refractivity contribution in [2.24, 2.45) is 0 Å². The molecule has 0 N–H and O–H groups in total. The Morgan fingerprint density at radius 2 is 2.04 bits per heavy atom. The van der Waals surface area contributed by atoms with Crippen LogP contribution in [0.1, 0.15) is 12.2 Å². The molecule has 5 nitrogen and oxygen atoms in total. The molecule has 0 aliphatic carbocycles. The Morgan fingerprint density at radius 3 is 2.70 bits per heavy atom. The van der Waals surface area contributed by atoms with E-state index in [2.05, 4.69) is 4.98 Å². The molecule has 0 atom stereocenters. The Morgan fingerprint density at radius 1 is 1.35 bits per heavy atom. The fourth-order valence-corrected chi connectivity index (χ4v) is 2.28. The van der Waals surface area contributed by atoms with Crippen LogP contribution in [0.5, 0.6) is 0 Å². The van der Waals surface area contributed by atoms with Gasteiger partial charge in [-0.25, -0.2) is 4.98 Å². The normalized spacial score (nSPS) is 11.9. The number of carbonyl (C=O) groups excluding carboxylic acids is 1. The van der Waals surface area contributed by atoms with Crippen LogP contribution in [-0.4, -0.2) is 47.7 Å². The van der Waals surface area contributed by atoms with Gasteiger partial charge in [0.1, 0.15) is 6.54 Å². The van der Waals surface area contributed by atoms with Gasteiger partial charge in [-0.15, -0.1) is 0 Å². The molecule has 1 aromatic heterocycles. The van der Waals surface area contributed by atoms with Gasteiger partial charge in [0.2, 0.25) is 11.7 Å². The SMILES string of the molecule is COCCCN(C)C(=O)Cn1c(C(F)(F)F)nc2ccccc21. The molecule has 0 aliphatic rings. The van der Waals surface area contributed by atoms with Crippen LogP contribution in [0, 0.1) is 0 Å². The number of ether oxygens (including phenoxy) is 1. The fourth-order valence-electron chi connectivity index (χ4n) is 2.28. The van der Waals surface area contributed by atoms with E-state index in [1.807, 2.05) is 0 Å². The van der Waals surface area contributed by atoms with Crippen molar-refractivity contribution >= 4 is 16.9 Å². The molecule has 0 saturated heterocycles. The van der Waals surface area contributed by atoms with Gasteiger partial charge in [-0.3, -0.25) is 4.79 Å². The van der Waals surface area contributed by atoms with Crippen molar-refractivity contribution in [2.45, 2.75) is 19.1 Å². The summed E-state index contributed by atoms with van der Waals surface area (Å²) in [4.78, 5) is 17.2. The topological polar surface area (TPSA) is 47.4 Å². The van der Waals surface area contributed by atoms with E-state index >= 15 is 0 Å². The van der Waals surface area contributed by atoms with Crippen LogP contribution >= 0.6 is 0 Å². The highest BCUT2D eigenvalue weighted by atomic mass is 19.4. The Labute approximate surface area is 131 Å². The first-order valence-electron chi connectivity index (χ1n) is 7.10. The van der Waals surface area contributed by atoms with E-state index in [4.69, 9.17) is 4.74 Å². The Hall–Kier alpha value is -2.09. The Bertz CT molecular complexity index is 682. The number of halogens is 3. The van der Waals surface area contributed by atoms with Crippen LogP contribution < -0.4 is 0 Å². The van der Waals surface area contributed by atoms with Crippen molar-refractivity contribution in [3.63, 3.8) is 0 Å². The number of fused-ring (bicyclic) bond motifs is 1. The van der Waals surface area contributed by atoms with E-state index in [0.29, 0.717) is 25.1 Å². The van der Waals surface area contributed by atoms with E-state index in [9.17, 15) is 18.0 Å². The van der Waals surface area contributed by atoms with Crippen LogP contribution in [0.2, 0.25) is 0 Å². The summed E-state index contributed by atoms with van der Waals surface area (Å²) in [6.45, 7) is 0.499. The number of nitrogens with zero attached hydrogens (tertiary/aromatic N) is 3. The zero-order chi connectivity index (χ0) is 17.0. The van der Waals surface area contributed by atoms with Gasteiger partial charge in [-0.2, -0.15) is 13.2 Å². The number of aromatic nitrogens is 2. The van der Waals surface area contributed by atoms with Gasteiger partial charge in [0.05, 0.1) is 11.0 Å². The number of amides is 1. The lowest BCUT2D eigenvalue weighted by Crippen LogP contribution is -2.32. The van der Waals surface area contributed by atoms with Crippen LogP contribution in [-0.2, 0) is 22.3 Å². The quantitative estimate of drug-likeness (QED) is 0.765. The largest absolute Gasteiger partial charge is 0.449 e. The van der Waals surface area contributed by atoms with E-state index in [1.54, 1.807) is 26.3 Å². The molecule has 0 unspecified atom stereocenters. The molecule has 2 rings (SSSR count). The third-order valence-corrected chi connectivity index (χ3v) is 3.47. The minimum Gasteiger partial charge on any atom is -0.385 e. The maximum atomic E-state index is 13.2. The van der Waals surface area contributed by atoms with Crippen LogP contribution in [0.4, 0.5) is 13.2 Å². The second kappa shape index (κ2) is 6.99. The number of para-hydroxylation sites is 2. The summed E-state index contributed by atoms with van der Waals surface area (Å²) in [6, 6.07) is 6.25. The lowest BCUT2D eigenvalue weighted by Gasteiger charge is -2.18. The van der Waals surface area contributed by atoms with Gasteiger partial charge in [-0.05, 0) is 18.6 Å². The van der Waals surface area contributed by atoms with Gasteiger partial charge in [0.25, 0.3) is 0 Å². The number of benzene rings is 1. The summed E-state index contributed by atoms with van der Waals surface area (Å²) < 4.78 is 45.3. The fraction of sp³-hybridized carbons (Fsp3) is 0.467. The standard InChI is InChI=1S/C15H18F3N3O2/c1-20(8-5-9-23-2)13(22)10-21-12-7-4-3-6-11(12)19-14(21)15(16,17)18/h3-4,6-7H,5,8-10H2,1-2H3. The third-order valence-electron chi connectivity index (χ3n) is 3.47. The molecular weight excluding hydrogens is 311 g/mol. The minimum absolute atomic E-state index is 0.217. The lowest BCUT2D eigenvalue weighted by atomic mass is 10.3. The van der Waals surface area contributed by atoms with Crippen molar-refractivity contribution in [1.82, 2.24) is 14.5 Å². The maximum absolute atomic E-state index is 13.2. The first-order chi connectivity index (χ1) is 10.8. The molecule has 23 heavy (non-hydrogen) atoms. The summed E-state index contributed by atoms with van der Waals surface area (Å²) in [5.41, 5.74) is 0.508.